The maximum atomic E-state index is 12.3. The summed E-state index contributed by atoms with van der Waals surface area (Å²) in [4.78, 5) is 14.3. The van der Waals surface area contributed by atoms with Gasteiger partial charge >= 0.3 is 0 Å². The van der Waals surface area contributed by atoms with Crippen LogP contribution in [-0.4, -0.2) is 43.6 Å². The number of carbonyl (C=O) groups excluding carboxylic acids is 1. The molecule has 0 aliphatic carbocycles. The second-order valence-corrected chi connectivity index (χ2v) is 6.80. The molecule has 22 heavy (non-hydrogen) atoms. The average Bonchev–Trinajstić information content (AvgIpc) is 2.83. The summed E-state index contributed by atoms with van der Waals surface area (Å²) in [6, 6.07) is 7.60. The average molecular weight is 390 g/mol. The van der Waals surface area contributed by atoms with E-state index in [1.54, 1.807) is 0 Å². The third kappa shape index (κ3) is 4.37. The van der Waals surface area contributed by atoms with Gasteiger partial charge in [-0.1, -0.05) is 22.0 Å². The van der Waals surface area contributed by atoms with Gasteiger partial charge in [-0.25, -0.2) is 0 Å². The van der Waals surface area contributed by atoms with Gasteiger partial charge in [0.25, 0.3) is 5.91 Å². The Labute approximate surface area is 146 Å². The molecule has 0 spiro atoms. The molecule has 2 heterocycles. The summed E-state index contributed by atoms with van der Waals surface area (Å²) in [5.41, 5.74) is 0. The van der Waals surface area contributed by atoms with Gasteiger partial charge in [0, 0.05) is 17.6 Å². The predicted molar refractivity (Wildman–Crippen MR) is 92.5 cm³/mol. The van der Waals surface area contributed by atoms with Crippen molar-refractivity contribution in [1.82, 2.24) is 10.2 Å². The number of nitrogens with one attached hydrogen (secondary N) is 1. The van der Waals surface area contributed by atoms with Crippen LogP contribution in [0.5, 0.6) is 5.75 Å². The number of fused-ring (bicyclic) bond motifs is 1. The fourth-order valence-electron chi connectivity index (χ4n) is 3.26. The minimum absolute atomic E-state index is 0. The van der Waals surface area contributed by atoms with Crippen LogP contribution in [0, 0.1) is 11.8 Å². The van der Waals surface area contributed by atoms with Crippen LogP contribution in [0.3, 0.4) is 0 Å². The van der Waals surface area contributed by atoms with Crippen molar-refractivity contribution in [3.8, 4) is 5.75 Å². The highest BCUT2D eigenvalue weighted by Gasteiger charge is 2.31. The summed E-state index contributed by atoms with van der Waals surface area (Å²) in [6.45, 7) is 4.08. The summed E-state index contributed by atoms with van der Waals surface area (Å²) in [5.74, 6) is 2.32. The minimum atomic E-state index is 0. The fraction of sp³-hybridized carbons (Fsp3) is 0.562. The molecule has 4 nitrogen and oxygen atoms in total. The van der Waals surface area contributed by atoms with E-state index in [2.05, 4.69) is 21.2 Å². The quantitative estimate of drug-likeness (QED) is 0.864. The minimum Gasteiger partial charge on any atom is -0.484 e. The lowest BCUT2D eigenvalue weighted by molar-refractivity contribution is -0.133. The molecule has 0 aromatic heterocycles. The number of benzene rings is 1. The molecular weight excluding hydrogens is 368 g/mol. The van der Waals surface area contributed by atoms with Crippen molar-refractivity contribution >= 4 is 34.2 Å². The molecule has 1 N–H and O–H groups in total. The van der Waals surface area contributed by atoms with E-state index in [0.29, 0.717) is 0 Å². The van der Waals surface area contributed by atoms with Crippen LogP contribution in [0.1, 0.15) is 12.8 Å². The van der Waals surface area contributed by atoms with Crippen molar-refractivity contribution in [3.63, 3.8) is 0 Å². The smallest absolute Gasteiger partial charge is 0.260 e. The van der Waals surface area contributed by atoms with E-state index in [1.165, 1.54) is 0 Å². The maximum Gasteiger partial charge on any atom is 0.260 e. The zero-order valence-corrected chi connectivity index (χ0v) is 14.9. The number of nitrogens with zero attached hydrogens (tertiary/aromatic N) is 1. The van der Waals surface area contributed by atoms with E-state index in [-0.39, 0.29) is 24.9 Å². The predicted octanol–water partition coefficient (Wildman–Crippen LogP) is 2.71. The third-order valence-corrected chi connectivity index (χ3v) is 5.02. The summed E-state index contributed by atoms with van der Waals surface area (Å²) in [6.07, 6.45) is 2.22. The van der Waals surface area contributed by atoms with Crippen LogP contribution >= 0.6 is 28.3 Å². The summed E-state index contributed by atoms with van der Waals surface area (Å²) in [5, 5.41) is 3.46. The summed E-state index contributed by atoms with van der Waals surface area (Å²) >= 11 is 3.40. The first-order valence-corrected chi connectivity index (χ1v) is 8.38. The second-order valence-electron chi connectivity index (χ2n) is 5.88. The Hall–Kier alpha value is -0.780. The molecule has 2 aliphatic rings. The maximum absolute atomic E-state index is 12.3. The molecule has 0 bridgehead atoms. The van der Waals surface area contributed by atoms with Crippen LogP contribution in [0.15, 0.2) is 28.7 Å². The van der Waals surface area contributed by atoms with E-state index in [4.69, 9.17) is 4.74 Å². The number of rotatable bonds is 3. The Morgan fingerprint density at radius 2 is 1.95 bits per heavy atom. The van der Waals surface area contributed by atoms with Gasteiger partial charge in [0.1, 0.15) is 5.75 Å². The molecule has 0 saturated carbocycles. The van der Waals surface area contributed by atoms with Crippen LogP contribution in [-0.2, 0) is 4.79 Å². The van der Waals surface area contributed by atoms with Gasteiger partial charge < -0.3 is 15.0 Å². The number of ether oxygens (including phenoxy) is 1. The second kappa shape index (κ2) is 8.18. The number of carbonyl (C=O) groups is 1. The molecule has 6 heteroatoms. The Balaban J connectivity index is 0.00000176. The number of hydrogen-bond acceptors (Lipinski definition) is 3. The van der Waals surface area contributed by atoms with Crippen LogP contribution in [0.2, 0.25) is 0 Å². The first-order chi connectivity index (χ1) is 10.2. The first kappa shape index (κ1) is 17.6. The number of halogens is 2. The van der Waals surface area contributed by atoms with Gasteiger partial charge in [-0.15, -0.1) is 12.4 Å². The van der Waals surface area contributed by atoms with Gasteiger partial charge in [-0.3, -0.25) is 4.79 Å². The normalized spacial score (nSPS) is 24.1. The lowest BCUT2D eigenvalue weighted by atomic mass is 9.92. The monoisotopic (exact) mass is 388 g/mol. The molecule has 2 saturated heterocycles. The van der Waals surface area contributed by atoms with E-state index in [1.807, 2.05) is 29.2 Å². The number of likely N-dealkylation sites (tertiary alicyclic amines) is 1. The van der Waals surface area contributed by atoms with Crippen molar-refractivity contribution in [1.29, 1.82) is 0 Å². The highest BCUT2D eigenvalue weighted by atomic mass is 79.9. The number of amides is 1. The highest BCUT2D eigenvalue weighted by molar-refractivity contribution is 9.10. The lowest BCUT2D eigenvalue weighted by Gasteiger charge is -2.21. The van der Waals surface area contributed by atoms with E-state index in [9.17, 15) is 4.79 Å². The first-order valence-electron chi connectivity index (χ1n) is 7.59. The van der Waals surface area contributed by atoms with Crippen LogP contribution in [0.4, 0.5) is 0 Å². The van der Waals surface area contributed by atoms with Gasteiger partial charge in [0.2, 0.25) is 0 Å². The van der Waals surface area contributed by atoms with E-state index < -0.39 is 0 Å². The van der Waals surface area contributed by atoms with E-state index in [0.717, 1.165) is 61.1 Å². The van der Waals surface area contributed by atoms with Gasteiger partial charge in [-0.05, 0) is 56.0 Å². The molecule has 2 aliphatic heterocycles. The standard InChI is InChI=1S/C16H21BrN2O2.ClH/c17-14-2-1-3-15(8-14)21-11-16(20)19-6-4-12-9-18-10-13(12)5-7-19;/h1-3,8,12-13,18H,4-7,9-11H2;1H/t12-,13+;. The van der Waals surface area contributed by atoms with Crippen molar-refractivity contribution in [2.24, 2.45) is 11.8 Å². The zero-order valence-electron chi connectivity index (χ0n) is 12.5. The summed E-state index contributed by atoms with van der Waals surface area (Å²) in [7, 11) is 0. The molecule has 3 rings (SSSR count). The van der Waals surface area contributed by atoms with Crippen molar-refractivity contribution in [3.05, 3.63) is 28.7 Å². The Kier molecular flexibility index (Phi) is 6.53. The van der Waals surface area contributed by atoms with Crippen molar-refractivity contribution < 1.29 is 9.53 Å². The lowest BCUT2D eigenvalue weighted by Crippen LogP contribution is -2.36. The van der Waals surface area contributed by atoms with Crippen LogP contribution < -0.4 is 10.1 Å². The van der Waals surface area contributed by atoms with Gasteiger partial charge in [-0.2, -0.15) is 0 Å². The Morgan fingerprint density at radius 3 is 2.59 bits per heavy atom. The van der Waals surface area contributed by atoms with Gasteiger partial charge in [0.05, 0.1) is 0 Å². The SMILES string of the molecule is Cl.O=C(COc1cccc(Br)c1)N1CC[C@@H]2CNC[C@@H]2CC1. The molecule has 2 atom stereocenters. The van der Waals surface area contributed by atoms with E-state index >= 15 is 0 Å². The van der Waals surface area contributed by atoms with Crippen molar-refractivity contribution in [2.75, 3.05) is 32.8 Å². The number of hydrogen-bond donors (Lipinski definition) is 1. The Morgan fingerprint density at radius 1 is 1.27 bits per heavy atom. The zero-order chi connectivity index (χ0) is 14.7. The molecule has 1 aromatic rings. The topological polar surface area (TPSA) is 41.6 Å². The largest absolute Gasteiger partial charge is 0.484 e. The molecule has 0 unspecified atom stereocenters. The fourth-order valence-corrected chi connectivity index (χ4v) is 3.64. The molecule has 1 aromatic carbocycles. The van der Waals surface area contributed by atoms with Gasteiger partial charge in [0.15, 0.2) is 6.61 Å². The Bertz CT molecular complexity index is 501. The van der Waals surface area contributed by atoms with Crippen LogP contribution in [0.25, 0.3) is 0 Å². The molecule has 122 valence electrons. The highest BCUT2D eigenvalue weighted by Crippen LogP contribution is 2.27. The molecular formula is C16H22BrClN2O2. The summed E-state index contributed by atoms with van der Waals surface area (Å²) < 4.78 is 6.56. The molecule has 1 amide bonds. The molecule has 0 radical (unpaired) electrons. The third-order valence-electron chi connectivity index (χ3n) is 4.53. The molecule has 2 fully saturated rings. The van der Waals surface area contributed by atoms with Crippen molar-refractivity contribution in [2.45, 2.75) is 12.8 Å².